The molecule has 0 rings (SSSR count). The average Bonchev–Trinajstić information content (AvgIpc) is 2.53. The van der Waals surface area contributed by atoms with Crippen molar-refractivity contribution in [1.29, 1.82) is 0 Å². The van der Waals surface area contributed by atoms with Gasteiger partial charge in [0.2, 0.25) is 0 Å². The first-order valence-corrected chi connectivity index (χ1v) is 36.2. The Bertz CT molecular complexity index is 442. The second-order valence-electron chi connectivity index (χ2n) is 15.2. The Balaban J connectivity index is -0.000000220. The molecular formula is C26H70GeN2P2PdSi4. The molecule has 0 saturated heterocycles. The summed E-state index contributed by atoms with van der Waals surface area (Å²) in [6.07, 6.45) is 3.12. The van der Waals surface area contributed by atoms with Crippen molar-refractivity contribution in [1.82, 2.24) is 0 Å². The van der Waals surface area contributed by atoms with Gasteiger partial charge in [0.1, 0.15) is 0 Å². The minimum atomic E-state index is -1.11. The molecule has 36 heavy (non-hydrogen) atoms. The predicted molar refractivity (Wildman–Crippen MR) is 193 cm³/mol. The zero-order valence-corrected chi connectivity index (χ0v) is 38.1. The summed E-state index contributed by atoms with van der Waals surface area (Å²) in [6, 6.07) is 0. The predicted octanol–water partition coefficient (Wildman–Crippen LogP) is 10.7. The molecular weight excluding hydrogens is 694 g/mol. The topological polar surface area (TPSA) is 28.2 Å². The van der Waals surface area contributed by atoms with E-state index in [0.717, 1.165) is 22.6 Å². The van der Waals surface area contributed by atoms with Gasteiger partial charge < -0.3 is 9.30 Å². The fourth-order valence-corrected chi connectivity index (χ4v) is 28.2. The Morgan fingerprint density at radius 1 is 0.444 bits per heavy atom. The molecule has 0 aliphatic carbocycles. The first kappa shape index (κ1) is 45.8. The normalized spacial score (nSPS) is 13.0. The summed E-state index contributed by atoms with van der Waals surface area (Å²) in [5.74, 6) is 0. The SMILES string of the molecule is CC(C)[PH+](CC[PH+](C(C)C)C(C)C)C(C)C.C[Si](C)(C)[N-][Si](C)(C)C.C[Si](C)(C)[N-][Si](C)(C)C.[Ge]=[Pd]. The molecule has 0 aliphatic rings. The molecule has 0 unspecified atom stereocenters. The molecule has 0 atom stereocenters. The van der Waals surface area contributed by atoms with Crippen molar-refractivity contribution in [2.24, 2.45) is 0 Å². The van der Waals surface area contributed by atoms with Crippen molar-refractivity contribution < 1.29 is 16.5 Å². The third-order valence-corrected chi connectivity index (χ3v) is 23.8. The van der Waals surface area contributed by atoms with Crippen molar-refractivity contribution in [2.75, 3.05) is 12.3 Å². The van der Waals surface area contributed by atoms with Crippen molar-refractivity contribution in [2.45, 2.75) is 157 Å². The van der Waals surface area contributed by atoms with E-state index in [0.29, 0.717) is 0 Å². The summed E-state index contributed by atoms with van der Waals surface area (Å²) in [5.41, 5.74) is 3.81. The van der Waals surface area contributed by atoms with Crippen molar-refractivity contribution in [3.8, 4) is 0 Å². The van der Waals surface area contributed by atoms with Gasteiger partial charge in [-0.15, -0.1) is 0 Å². The zero-order chi connectivity index (χ0) is 30.3. The van der Waals surface area contributed by atoms with Gasteiger partial charge in [0, 0.05) is 15.8 Å². The maximum absolute atomic E-state index is 4.82. The Labute approximate surface area is 255 Å². The van der Waals surface area contributed by atoms with Gasteiger partial charge in [-0.3, -0.25) is 0 Å². The quantitative estimate of drug-likeness (QED) is 0.148. The van der Waals surface area contributed by atoms with E-state index >= 15 is 0 Å². The van der Waals surface area contributed by atoms with Crippen LogP contribution in [0.25, 0.3) is 9.30 Å². The van der Waals surface area contributed by atoms with E-state index in [4.69, 9.17) is 9.30 Å². The molecule has 0 heterocycles. The molecule has 0 aliphatic heterocycles. The van der Waals surface area contributed by atoms with Crippen molar-refractivity contribution >= 4 is 62.2 Å². The molecule has 0 amide bonds. The van der Waals surface area contributed by atoms with E-state index in [2.05, 4.69) is 150 Å². The summed E-state index contributed by atoms with van der Waals surface area (Å²) in [4.78, 5) is 0. The first-order chi connectivity index (χ1) is 15.7. The van der Waals surface area contributed by atoms with Gasteiger partial charge in [0.25, 0.3) is 0 Å². The summed E-state index contributed by atoms with van der Waals surface area (Å²) < 4.78 is 9.64. The number of nitrogens with zero attached hydrogens (tertiary/aromatic N) is 2. The van der Waals surface area contributed by atoms with Gasteiger partial charge >= 0.3 is 29.9 Å². The van der Waals surface area contributed by atoms with E-state index < -0.39 is 32.9 Å². The molecule has 2 radical (unpaired) electrons. The second-order valence-corrected chi connectivity index (χ2v) is 42.2. The Morgan fingerprint density at radius 2 is 0.583 bits per heavy atom. The fourth-order valence-electron chi connectivity index (χ4n) is 4.79. The van der Waals surface area contributed by atoms with Crippen LogP contribution in [0.1, 0.15) is 55.4 Å². The van der Waals surface area contributed by atoms with E-state index in [1.54, 1.807) is 12.3 Å². The zero-order valence-electron chi connectivity index (χ0n) is 28.4. The first-order valence-electron chi connectivity index (χ1n) is 14.0. The van der Waals surface area contributed by atoms with E-state index in [1.807, 2.05) is 13.4 Å². The van der Waals surface area contributed by atoms with Gasteiger partial charge in [-0.1, -0.05) is 112 Å². The summed E-state index contributed by atoms with van der Waals surface area (Å²) >= 11 is 4.60. The van der Waals surface area contributed by atoms with E-state index in [-0.39, 0.29) is 15.8 Å². The van der Waals surface area contributed by atoms with E-state index in [9.17, 15) is 0 Å². The van der Waals surface area contributed by atoms with Crippen LogP contribution >= 0.6 is 15.8 Å². The van der Waals surface area contributed by atoms with Gasteiger partial charge in [0.15, 0.2) is 0 Å². The maximum atomic E-state index is 4.82. The molecule has 10 heteroatoms. The Kier molecular flexibility index (Phi) is 27.4. The standard InChI is InChI=1S/C14H32P2.2C6H18NSi2.Ge.Pd/c1-11(2)15(12(3)4)9-10-16(13(5)6)14(7)8;2*1-8(2,3)7-9(4,5)6;;/h11-14H,9-10H2,1-8H3;2*1-6H3;;/q;2*-1;;/p+2. The van der Waals surface area contributed by atoms with Crippen molar-refractivity contribution in [3.63, 3.8) is 0 Å². The molecule has 0 aromatic heterocycles. The van der Waals surface area contributed by atoms with Crippen LogP contribution in [0.4, 0.5) is 0 Å². The summed E-state index contributed by atoms with van der Waals surface area (Å²) in [5, 5.41) is 0. The molecule has 0 spiro atoms. The van der Waals surface area contributed by atoms with Gasteiger partial charge in [-0.25, -0.2) is 0 Å². The summed E-state index contributed by atoms with van der Waals surface area (Å²) in [6.45, 7) is 47.1. The molecule has 0 bridgehead atoms. The fraction of sp³-hybridized carbons (Fsp3) is 1.00. The number of hydrogen-bond donors (Lipinski definition) is 0. The number of hydrogen-bond acceptors (Lipinski definition) is 0. The second kappa shape index (κ2) is 21.5. The van der Waals surface area contributed by atoms with Crippen LogP contribution in [0.2, 0.25) is 78.6 Å². The van der Waals surface area contributed by atoms with Crippen LogP contribution in [0.5, 0.6) is 0 Å². The average molecular weight is 764 g/mol. The third-order valence-electron chi connectivity index (χ3n) is 5.01. The Morgan fingerprint density at radius 3 is 0.639 bits per heavy atom. The third kappa shape index (κ3) is 36.9. The number of rotatable bonds is 11. The molecule has 224 valence electrons. The molecule has 0 fully saturated rings. The van der Waals surface area contributed by atoms with Gasteiger partial charge in [0.05, 0.1) is 35.0 Å². The summed E-state index contributed by atoms with van der Waals surface area (Å²) in [7, 11) is -4.65. The molecule has 0 N–H and O–H groups in total. The molecule has 2 nitrogen and oxygen atoms in total. The van der Waals surface area contributed by atoms with Crippen LogP contribution in [0.3, 0.4) is 0 Å². The van der Waals surface area contributed by atoms with Crippen LogP contribution in [0, 0.1) is 0 Å². The molecule has 0 saturated carbocycles. The van der Waals surface area contributed by atoms with Gasteiger partial charge in [-0.2, -0.15) is 0 Å². The Hall–Kier alpha value is 2.85. The molecule has 0 aromatic rings. The van der Waals surface area contributed by atoms with E-state index in [1.165, 1.54) is 0 Å². The van der Waals surface area contributed by atoms with Crippen LogP contribution in [-0.4, -0.2) is 81.3 Å². The minimum absolute atomic E-state index is 0.114. The monoisotopic (exact) mass is 764 g/mol. The van der Waals surface area contributed by atoms with Crippen LogP contribution in [0.15, 0.2) is 0 Å². The molecule has 0 aromatic carbocycles. The van der Waals surface area contributed by atoms with Crippen molar-refractivity contribution in [3.05, 3.63) is 9.30 Å². The van der Waals surface area contributed by atoms with Crippen LogP contribution < -0.4 is 0 Å². The van der Waals surface area contributed by atoms with Gasteiger partial charge in [-0.05, 0) is 55.4 Å². The van der Waals surface area contributed by atoms with Crippen LogP contribution in [-0.2, 0) is 16.5 Å².